The number of fused-ring (bicyclic) bond motifs is 1. The first-order chi connectivity index (χ1) is 17.7. The minimum atomic E-state index is -0.235. The van der Waals surface area contributed by atoms with Crippen LogP contribution in [0.15, 0.2) is 115 Å². The lowest BCUT2D eigenvalue weighted by Crippen LogP contribution is -2.50. The number of piperazine rings is 1. The van der Waals surface area contributed by atoms with Crippen LogP contribution in [0, 0.1) is 11.3 Å². The molecule has 5 heteroatoms. The predicted octanol–water partition coefficient (Wildman–Crippen LogP) is 5.59. The van der Waals surface area contributed by atoms with Crippen LogP contribution in [0.2, 0.25) is 0 Å². The van der Waals surface area contributed by atoms with Gasteiger partial charge in [0.15, 0.2) is 0 Å². The molecule has 1 N–H and O–H groups in total. The summed E-state index contributed by atoms with van der Waals surface area (Å²) in [6, 6.07) is 37.2. The number of rotatable bonds is 6. The molecule has 0 spiro atoms. The number of anilines is 1. The van der Waals surface area contributed by atoms with Crippen LogP contribution in [0.5, 0.6) is 0 Å². The van der Waals surface area contributed by atoms with Gasteiger partial charge in [-0.15, -0.1) is 0 Å². The van der Waals surface area contributed by atoms with Crippen LogP contribution < -0.4 is 5.32 Å². The van der Waals surface area contributed by atoms with Crippen molar-refractivity contribution < 1.29 is 4.79 Å². The quantitative estimate of drug-likeness (QED) is 0.293. The Morgan fingerprint density at radius 1 is 0.778 bits per heavy atom. The first-order valence-electron chi connectivity index (χ1n) is 12.2. The van der Waals surface area contributed by atoms with Crippen LogP contribution >= 0.6 is 0 Å². The molecule has 1 aliphatic heterocycles. The van der Waals surface area contributed by atoms with Crippen LogP contribution in [0.25, 0.3) is 10.8 Å². The largest absolute Gasteiger partial charge is 0.360 e. The highest BCUT2D eigenvalue weighted by molar-refractivity contribution is 5.97. The summed E-state index contributed by atoms with van der Waals surface area (Å²) in [6.45, 7) is 2.61. The molecule has 1 fully saturated rings. The van der Waals surface area contributed by atoms with Gasteiger partial charge >= 0.3 is 0 Å². The number of carbonyl (C=O) groups is 1. The van der Waals surface area contributed by atoms with Crippen molar-refractivity contribution >= 4 is 22.4 Å². The summed E-state index contributed by atoms with van der Waals surface area (Å²) in [5.41, 5.74) is 3.42. The molecule has 178 valence electrons. The summed E-state index contributed by atoms with van der Waals surface area (Å²) in [5.74, 6) is -0.235. The van der Waals surface area contributed by atoms with Gasteiger partial charge in [0.25, 0.3) is 5.91 Å². The molecule has 1 aliphatic rings. The summed E-state index contributed by atoms with van der Waals surface area (Å²) < 4.78 is 0. The van der Waals surface area contributed by atoms with E-state index in [1.807, 2.05) is 48.5 Å². The Hall–Kier alpha value is -4.40. The summed E-state index contributed by atoms with van der Waals surface area (Å²) in [5, 5.41) is 15.1. The van der Waals surface area contributed by atoms with E-state index in [1.165, 1.54) is 17.3 Å². The van der Waals surface area contributed by atoms with Gasteiger partial charge in [0, 0.05) is 38.1 Å². The van der Waals surface area contributed by atoms with E-state index < -0.39 is 0 Å². The maximum absolute atomic E-state index is 13.2. The van der Waals surface area contributed by atoms with Gasteiger partial charge in [-0.3, -0.25) is 9.69 Å². The van der Waals surface area contributed by atoms with E-state index in [-0.39, 0.29) is 17.5 Å². The Labute approximate surface area is 211 Å². The van der Waals surface area contributed by atoms with Gasteiger partial charge < -0.3 is 10.2 Å². The zero-order valence-corrected chi connectivity index (χ0v) is 20.0. The molecule has 5 nitrogen and oxygen atoms in total. The zero-order chi connectivity index (χ0) is 24.7. The Bertz CT molecular complexity index is 1360. The van der Waals surface area contributed by atoms with E-state index in [0.717, 1.165) is 29.5 Å². The van der Waals surface area contributed by atoms with Crippen molar-refractivity contribution in [1.82, 2.24) is 9.80 Å². The minimum Gasteiger partial charge on any atom is -0.360 e. The molecule has 4 aromatic carbocycles. The van der Waals surface area contributed by atoms with Crippen molar-refractivity contribution in [3.8, 4) is 6.07 Å². The smallest absolute Gasteiger partial charge is 0.266 e. The van der Waals surface area contributed by atoms with Gasteiger partial charge in [-0.05, 0) is 34.0 Å². The SMILES string of the molecule is N#C/C(=C/Nc1ccc2ccccc2c1)C(=O)N1CCN(C(c2ccccc2)c2ccccc2)CC1. The Balaban J connectivity index is 1.27. The fourth-order valence-corrected chi connectivity index (χ4v) is 4.81. The third-order valence-corrected chi connectivity index (χ3v) is 6.68. The fraction of sp³-hybridized carbons (Fsp3) is 0.161. The standard InChI is InChI=1S/C31H28N4O/c32-22-28(23-33-29-16-15-24-9-7-8-14-27(24)21-29)31(36)35-19-17-34(18-20-35)30(25-10-3-1-4-11-25)26-12-5-2-6-13-26/h1-16,21,23,30,33H,17-20H2/b28-23-. The second-order valence-electron chi connectivity index (χ2n) is 8.93. The molecule has 36 heavy (non-hydrogen) atoms. The average Bonchev–Trinajstić information content (AvgIpc) is 2.95. The lowest BCUT2D eigenvalue weighted by molar-refractivity contribution is -0.128. The molecule has 4 aromatic rings. The van der Waals surface area contributed by atoms with Crippen molar-refractivity contribution in [3.05, 3.63) is 126 Å². The Morgan fingerprint density at radius 3 is 1.97 bits per heavy atom. The molecule has 0 aliphatic carbocycles. The minimum absolute atomic E-state index is 0.110. The number of amides is 1. The Kier molecular flexibility index (Phi) is 7.07. The number of hydrogen-bond acceptors (Lipinski definition) is 4. The lowest BCUT2D eigenvalue weighted by Gasteiger charge is -2.39. The lowest BCUT2D eigenvalue weighted by atomic mass is 9.96. The topological polar surface area (TPSA) is 59.4 Å². The first-order valence-corrected chi connectivity index (χ1v) is 12.2. The molecule has 0 atom stereocenters. The summed E-state index contributed by atoms with van der Waals surface area (Å²) >= 11 is 0. The highest BCUT2D eigenvalue weighted by Gasteiger charge is 2.29. The van der Waals surface area contributed by atoms with Crippen LogP contribution in [-0.2, 0) is 4.79 Å². The van der Waals surface area contributed by atoms with Crippen LogP contribution in [0.4, 0.5) is 5.69 Å². The number of nitrogens with one attached hydrogen (secondary N) is 1. The maximum Gasteiger partial charge on any atom is 0.266 e. The van der Waals surface area contributed by atoms with E-state index >= 15 is 0 Å². The van der Waals surface area contributed by atoms with E-state index in [9.17, 15) is 10.1 Å². The summed E-state index contributed by atoms with van der Waals surface area (Å²) in [4.78, 5) is 17.3. The predicted molar refractivity (Wildman–Crippen MR) is 144 cm³/mol. The van der Waals surface area contributed by atoms with Crippen molar-refractivity contribution in [2.45, 2.75) is 6.04 Å². The zero-order valence-electron chi connectivity index (χ0n) is 20.0. The summed E-state index contributed by atoms with van der Waals surface area (Å²) in [6.07, 6.45) is 1.52. The second-order valence-corrected chi connectivity index (χ2v) is 8.93. The third-order valence-electron chi connectivity index (χ3n) is 6.68. The van der Waals surface area contributed by atoms with Crippen molar-refractivity contribution in [1.29, 1.82) is 5.26 Å². The van der Waals surface area contributed by atoms with Gasteiger partial charge in [-0.25, -0.2) is 0 Å². The molecule has 0 unspecified atom stereocenters. The van der Waals surface area contributed by atoms with Crippen molar-refractivity contribution in [2.24, 2.45) is 0 Å². The van der Waals surface area contributed by atoms with Gasteiger partial charge in [0.05, 0.1) is 6.04 Å². The average molecular weight is 473 g/mol. The van der Waals surface area contributed by atoms with E-state index in [0.29, 0.717) is 13.1 Å². The molecule has 0 saturated carbocycles. The monoisotopic (exact) mass is 472 g/mol. The van der Waals surface area contributed by atoms with Gasteiger partial charge in [-0.1, -0.05) is 91.0 Å². The molecular formula is C31H28N4O. The van der Waals surface area contributed by atoms with Crippen LogP contribution in [0.3, 0.4) is 0 Å². The number of nitriles is 1. The molecule has 0 radical (unpaired) electrons. The van der Waals surface area contributed by atoms with Crippen molar-refractivity contribution in [3.63, 3.8) is 0 Å². The maximum atomic E-state index is 13.2. The van der Waals surface area contributed by atoms with Crippen LogP contribution in [-0.4, -0.2) is 41.9 Å². The first kappa shape index (κ1) is 23.3. The van der Waals surface area contributed by atoms with Gasteiger partial charge in [0.2, 0.25) is 0 Å². The highest BCUT2D eigenvalue weighted by atomic mass is 16.2. The molecule has 0 bridgehead atoms. The van der Waals surface area contributed by atoms with Gasteiger partial charge in [-0.2, -0.15) is 5.26 Å². The fourth-order valence-electron chi connectivity index (χ4n) is 4.81. The Morgan fingerprint density at radius 2 is 1.36 bits per heavy atom. The molecule has 1 heterocycles. The molecule has 5 rings (SSSR count). The molecule has 1 amide bonds. The molecular weight excluding hydrogens is 444 g/mol. The number of carbonyl (C=O) groups excluding carboxylic acids is 1. The highest BCUT2D eigenvalue weighted by Crippen LogP contribution is 2.29. The van der Waals surface area contributed by atoms with E-state index in [1.54, 1.807) is 4.90 Å². The summed E-state index contributed by atoms with van der Waals surface area (Å²) in [7, 11) is 0. The van der Waals surface area contributed by atoms with Crippen LogP contribution in [0.1, 0.15) is 17.2 Å². The normalized spacial score (nSPS) is 14.6. The number of hydrogen-bond donors (Lipinski definition) is 1. The van der Waals surface area contributed by atoms with E-state index in [4.69, 9.17) is 0 Å². The van der Waals surface area contributed by atoms with Gasteiger partial charge in [0.1, 0.15) is 11.6 Å². The number of nitrogens with zero attached hydrogens (tertiary/aromatic N) is 3. The third kappa shape index (κ3) is 5.14. The number of benzene rings is 4. The van der Waals surface area contributed by atoms with Crippen molar-refractivity contribution in [2.75, 3.05) is 31.5 Å². The second kappa shape index (κ2) is 10.9. The molecule has 1 saturated heterocycles. The van der Waals surface area contributed by atoms with E-state index in [2.05, 4.69) is 70.9 Å². The molecule has 0 aromatic heterocycles.